The topological polar surface area (TPSA) is 132 Å². The number of nitrogens with zero attached hydrogens (tertiary/aromatic N) is 1. The zero-order valence-electron chi connectivity index (χ0n) is 24.4. The second-order valence-electron chi connectivity index (χ2n) is 9.94. The van der Waals surface area contributed by atoms with Gasteiger partial charge >= 0.3 is 18.1 Å². The zero-order valence-corrected chi connectivity index (χ0v) is 24.4. The normalized spacial score (nSPS) is 20.8. The lowest BCUT2D eigenvalue weighted by atomic mass is 9.91. The summed E-state index contributed by atoms with van der Waals surface area (Å²) in [5.41, 5.74) is 0.425. The molecule has 1 amide bonds. The van der Waals surface area contributed by atoms with Crippen LogP contribution >= 0.6 is 0 Å². The van der Waals surface area contributed by atoms with Crippen LogP contribution in [0.2, 0.25) is 0 Å². The van der Waals surface area contributed by atoms with E-state index in [2.05, 4.69) is 10.3 Å². The monoisotopic (exact) mass is 630 g/mol. The van der Waals surface area contributed by atoms with Crippen LogP contribution in [-0.2, 0) is 35.0 Å². The molecule has 0 bridgehead atoms. The van der Waals surface area contributed by atoms with Crippen LogP contribution in [0.5, 0.6) is 11.5 Å². The van der Waals surface area contributed by atoms with Crippen LogP contribution in [0.25, 0.3) is 0 Å². The number of alkyl halides is 3. The molecular formula is C29H34F4N2O9. The fraction of sp³-hybridized carbons (Fsp3) is 0.517. The first-order valence-electron chi connectivity index (χ1n) is 13.7. The second kappa shape index (κ2) is 16.2. The maximum atomic E-state index is 13.5. The van der Waals surface area contributed by atoms with E-state index in [1.54, 1.807) is 12.1 Å². The van der Waals surface area contributed by atoms with Crippen molar-refractivity contribution in [3.63, 3.8) is 0 Å². The molecule has 2 aromatic rings. The number of nitrogens with one attached hydrogen (secondary N) is 1. The molecule has 4 atom stereocenters. The van der Waals surface area contributed by atoms with Gasteiger partial charge in [0.2, 0.25) is 6.79 Å². The Morgan fingerprint density at radius 3 is 2.52 bits per heavy atom. The molecule has 44 heavy (non-hydrogen) atoms. The van der Waals surface area contributed by atoms with Crippen molar-refractivity contribution in [2.45, 2.75) is 57.5 Å². The van der Waals surface area contributed by atoms with Crippen LogP contribution in [0.1, 0.15) is 42.7 Å². The van der Waals surface area contributed by atoms with Gasteiger partial charge in [-0.05, 0) is 37.5 Å². The molecule has 3 rings (SSSR count). The van der Waals surface area contributed by atoms with Gasteiger partial charge in [-0.15, -0.1) is 0 Å². The second-order valence-corrected chi connectivity index (χ2v) is 9.94. The Balaban J connectivity index is 1.78. The highest BCUT2D eigenvalue weighted by Gasteiger charge is 2.36. The maximum Gasteiger partial charge on any atom is 0.389 e. The van der Waals surface area contributed by atoms with Crippen molar-refractivity contribution < 1.29 is 60.4 Å². The summed E-state index contributed by atoms with van der Waals surface area (Å²) in [5, 5.41) is 2.49. The minimum atomic E-state index is -4.36. The third-order valence-corrected chi connectivity index (χ3v) is 6.53. The Bertz CT molecular complexity index is 1260. The molecule has 4 unspecified atom stereocenters. The average molecular weight is 631 g/mol. The quantitative estimate of drug-likeness (QED) is 0.160. The molecule has 1 aromatic heterocycles. The smallest absolute Gasteiger partial charge is 0.389 e. The van der Waals surface area contributed by atoms with E-state index < -0.39 is 67.2 Å². The third kappa shape index (κ3) is 10.6. The number of benzene rings is 1. The van der Waals surface area contributed by atoms with Gasteiger partial charge in [0, 0.05) is 38.1 Å². The molecule has 1 aromatic carbocycles. The van der Waals surface area contributed by atoms with Gasteiger partial charge in [0.05, 0.1) is 26.4 Å². The number of hydrogen-bond donors (Lipinski definition) is 1. The number of cyclic esters (lactones) is 1. The standard InChI is InChI=1S/C29H34F4N2O9/c1-17-25(41-12-4-10-29(31,32)33)20(13-19-5-7-21(30)8-6-19)14-40-15-22(28(38)44-17)35-27(37)24-26(43-16-42-18(2)36)23(39-3)9-11-34-24/h5-9,11,17,20,22,25H,4,10,12-16H2,1-3H3,(H,35,37). The molecule has 1 aliphatic rings. The number of aromatic nitrogens is 1. The van der Waals surface area contributed by atoms with Crippen LogP contribution in [0.15, 0.2) is 36.5 Å². The fourth-order valence-corrected chi connectivity index (χ4v) is 4.47. The Morgan fingerprint density at radius 2 is 1.86 bits per heavy atom. The predicted octanol–water partition coefficient (Wildman–Crippen LogP) is 3.78. The molecule has 1 fully saturated rings. The van der Waals surface area contributed by atoms with Crippen molar-refractivity contribution in [1.29, 1.82) is 0 Å². The van der Waals surface area contributed by atoms with E-state index in [0.29, 0.717) is 5.56 Å². The van der Waals surface area contributed by atoms with Crippen molar-refractivity contribution >= 4 is 17.8 Å². The van der Waals surface area contributed by atoms with Gasteiger partial charge in [-0.1, -0.05) is 12.1 Å². The summed E-state index contributed by atoms with van der Waals surface area (Å²) in [5.74, 6) is -3.36. The van der Waals surface area contributed by atoms with Crippen molar-refractivity contribution in [1.82, 2.24) is 10.3 Å². The number of carbonyl (C=O) groups is 3. The Morgan fingerprint density at radius 1 is 1.14 bits per heavy atom. The summed E-state index contributed by atoms with van der Waals surface area (Å²) >= 11 is 0. The van der Waals surface area contributed by atoms with Gasteiger partial charge in [0.1, 0.15) is 11.9 Å². The number of pyridine rings is 1. The average Bonchev–Trinajstić information content (AvgIpc) is 3.00. The van der Waals surface area contributed by atoms with Crippen molar-refractivity contribution in [2.24, 2.45) is 5.92 Å². The number of carbonyl (C=O) groups excluding carboxylic acids is 3. The number of rotatable bonds is 12. The highest BCUT2D eigenvalue weighted by Crippen LogP contribution is 2.30. The summed E-state index contributed by atoms with van der Waals surface area (Å²) in [7, 11) is 1.32. The van der Waals surface area contributed by atoms with Crippen LogP contribution in [0, 0.1) is 11.7 Å². The largest absolute Gasteiger partial charge is 0.493 e. The zero-order chi connectivity index (χ0) is 32.3. The summed E-state index contributed by atoms with van der Waals surface area (Å²) in [6.07, 6.45) is -6.01. The molecular weight excluding hydrogens is 596 g/mol. The van der Waals surface area contributed by atoms with E-state index in [1.807, 2.05) is 0 Å². The number of methoxy groups -OCH3 is 1. The summed E-state index contributed by atoms with van der Waals surface area (Å²) in [6, 6.07) is 5.76. The molecule has 242 valence electrons. The summed E-state index contributed by atoms with van der Waals surface area (Å²) < 4.78 is 84.2. The molecule has 0 spiro atoms. The van der Waals surface area contributed by atoms with E-state index in [1.165, 1.54) is 45.4 Å². The van der Waals surface area contributed by atoms with Gasteiger partial charge in [-0.3, -0.25) is 9.59 Å². The van der Waals surface area contributed by atoms with Gasteiger partial charge < -0.3 is 33.7 Å². The molecule has 11 nitrogen and oxygen atoms in total. The molecule has 1 saturated heterocycles. The number of hydrogen-bond acceptors (Lipinski definition) is 10. The molecule has 0 aliphatic carbocycles. The van der Waals surface area contributed by atoms with Gasteiger partial charge in [0.25, 0.3) is 5.91 Å². The van der Waals surface area contributed by atoms with Crippen molar-refractivity contribution in [3.05, 3.63) is 53.6 Å². The van der Waals surface area contributed by atoms with E-state index in [4.69, 9.17) is 28.4 Å². The molecule has 2 heterocycles. The van der Waals surface area contributed by atoms with Gasteiger partial charge in [-0.2, -0.15) is 13.2 Å². The van der Waals surface area contributed by atoms with Crippen LogP contribution in [0.4, 0.5) is 17.6 Å². The van der Waals surface area contributed by atoms with E-state index in [9.17, 15) is 31.9 Å². The lowest BCUT2D eigenvalue weighted by Crippen LogP contribution is -2.46. The lowest BCUT2D eigenvalue weighted by Gasteiger charge is -2.31. The van der Waals surface area contributed by atoms with Crippen LogP contribution in [0.3, 0.4) is 0 Å². The van der Waals surface area contributed by atoms with Gasteiger partial charge in [0.15, 0.2) is 23.2 Å². The van der Waals surface area contributed by atoms with E-state index in [-0.39, 0.29) is 49.9 Å². The highest BCUT2D eigenvalue weighted by molar-refractivity contribution is 5.98. The minimum absolute atomic E-state index is 0.0250. The Labute approximate surface area is 251 Å². The van der Waals surface area contributed by atoms with E-state index >= 15 is 0 Å². The molecule has 0 saturated carbocycles. The summed E-state index contributed by atoms with van der Waals surface area (Å²) in [6.45, 7) is 1.55. The van der Waals surface area contributed by atoms with Crippen molar-refractivity contribution in [3.8, 4) is 11.5 Å². The summed E-state index contributed by atoms with van der Waals surface area (Å²) in [4.78, 5) is 41.5. The molecule has 15 heteroatoms. The first kappa shape index (κ1) is 34.5. The fourth-order valence-electron chi connectivity index (χ4n) is 4.47. The SMILES string of the molecule is COc1ccnc(C(=O)NC2COCC(Cc3ccc(F)cc3)C(OCCCC(F)(F)F)C(C)OC2=O)c1OCOC(C)=O. The lowest BCUT2D eigenvalue weighted by molar-refractivity contribution is -0.162. The number of amides is 1. The third-order valence-electron chi connectivity index (χ3n) is 6.53. The van der Waals surface area contributed by atoms with Crippen molar-refractivity contribution in [2.75, 3.05) is 33.7 Å². The number of halogens is 4. The Hall–Kier alpha value is -3.98. The first-order valence-corrected chi connectivity index (χ1v) is 13.7. The minimum Gasteiger partial charge on any atom is -0.493 e. The molecule has 1 N–H and O–H groups in total. The predicted molar refractivity (Wildman–Crippen MR) is 144 cm³/mol. The first-order chi connectivity index (χ1) is 20.9. The molecule has 1 aliphatic heterocycles. The highest BCUT2D eigenvalue weighted by atomic mass is 19.4. The number of ether oxygens (including phenoxy) is 6. The Kier molecular flexibility index (Phi) is 12.7. The van der Waals surface area contributed by atoms with Crippen LogP contribution < -0.4 is 14.8 Å². The van der Waals surface area contributed by atoms with Gasteiger partial charge in [-0.25, -0.2) is 14.2 Å². The van der Waals surface area contributed by atoms with Crippen LogP contribution in [-0.4, -0.2) is 81.0 Å². The molecule has 0 radical (unpaired) electrons. The maximum absolute atomic E-state index is 13.5. The van der Waals surface area contributed by atoms with E-state index in [0.717, 1.165) is 0 Å². The number of esters is 2.